The van der Waals surface area contributed by atoms with E-state index in [0.29, 0.717) is 11.4 Å². The van der Waals surface area contributed by atoms with E-state index in [1.807, 2.05) is 19.1 Å². The molecule has 2 aliphatic rings. The highest BCUT2D eigenvalue weighted by molar-refractivity contribution is 7.89. The predicted octanol–water partition coefficient (Wildman–Crippen LogP) is 1.83. The van der Waals surface area contributed by atoms with Crippen molar-refractivity contribution in [2.45, 2.75) is 43.5 Å². The number of benzene rings is 1. The molecule has 24 heavy (non-hydrogen) atoms. The Morgan fingerprint density at radius 1 is 1.21 bits per heavy atom. The quantitative estimate of drug-likeness (QED) is 0.850. The zero-order chi connectivity index (χ0) is 17.0. The van der Waals surface area contributed by atoms with Gasteiger partial charge in [-0.1, -0.05) is 12.1 Å². The van der Waals surface area contributed by atoms with Crippen LogP contribution >= 0.6 is 0 Å². The van der Waals surface area contributed by atoms with E-state index in [2.05, 4.69) is 10.2 Å². The zero-order valence-corrected chi connectivity index (χ0v) is 15.4. The molecular formula is C18H29N3O2S. The summed E-state index contributed by atoms with van der Waals surface area (Å²) in [5.41, 5.74) is 0.987. The van der Waals surface area contributed by atoms with Crippen LogP contribution in [0.25, 0.3) is 0 Å². The number of piperidine rings is 1. The van der Waals surface area contributed by atoms with Gasteiger partial charge in [-0.3, -0.25) is 0 Å². The third-order valence-corrected chi connectivity index (χ3v) is 7.10. The van der Waals surface area contributed by atoms with Gasteiger partial charge in [0.05, 0.1) is 4.90 Å². The molecule has 2 saturated heterocycles. The Balaban J connectivity index is 1.81. The lowest BCUT2D eigenvalue weighted by Gasteiger charge is -2.34. The summed E-state index contributed by atoms with van der Waals surface area (Å²) in [6.07, 6.45) is 4.26. The second kappa shape index (κ2) is 7.95. The Morgan fingerprint density at radius 2 is 1.92 bits per heavy atom. The minimum absolute atomic E-state index is 0.111. The molecule has 2 fully saturated rings. The molecule has 0 amide bonds. The van der Waals surface area contributed by atoms with E-state index in [0.717, 1.165) is 51.1 Å². The van der Waals surface area contributed by atoms with Crippen molar-refractivity contribution in [3.05, 3.63) is 29.8 Å². The fourth-order valence-electron chi connectivity index (χ4n) is 3.75. The Bertz CT molecular complexity index is 635. The second-order valence-electron chi connectivity index (χ2n) is 6.96. The van der Waals surface area contributed by atoms with E-state index in [9.17, 15) is 8.42 Å². The molecule has 0 atom stereocenters. The molecule has 6 heteroatoms. The topological polar surface area (TPSA) is 52.7 Å². The van der Waals surface area contributed by atoms with Gasteiger partial charge < -0.3 is 10.2 Å². The third kappa shape index (κ3) is 4.17. The lowest BCUT2D eigenvalue weighted by molar-refractivity contribution is 0.228. The maximum atomic E-state index is 13.3. The van der Waals surface area contributed by atoms with Crippen molar-refractivity contribution < 1.29 is 8.42 Å². The fraction of sp³-hybridized carbons (Fsp3) is 0.667. The predicted molar refractivity (Wildman–Crippen MR) is 96.6 cm³/mol. The van der Waals surface area contributed by atoms with Crippen LogP contribution in [0.2, 0.25) is 0 Å². The summed E-state index contributed by atoms with van der Waals surface area (Å²) in [6, 6.07) is 7.41. The molecule has 1 N–H and O–H groups in total. The number of nitrogens with zero attached hydrogens (tertiary/aromatic N) is 2. The summed E-state index contributed by atoms with van der Waals surface area (Å²) >= 11 is 0. The van der Waals surface area contributed by atoms with Crippen molar-refractivity contribution in [2.75, 3.05) is 39.3 Å². The Labute approximate surface area is 146 Å². The number of sulfonamides is 1. The van der Waals surface area contributed by atoms with Crippen LogP contribution in [-0.4, -0.2) is 62.9 Å². The summed E-state index contributed by atoms with van der Waals surface area (Å²) in [6.45, 7) is 7.38. The molecule has 0 unspecified atom stereocenters. The minimum Gasteiger partial charge on any atom is -0.317 e. The lowest BCUT2D eigenvalue weighted by Crippen LogP contribution is -2.48. The van der Waals surface area contributed by atoms with Gasteiger partial charge in [0.25, 0.3) is 0 Å². The molecule has 0 bridgehead atoms. The van der Waals surface area contributed by atoms with Crippen LogP contribution in [0.5, 0.6) is 0 Å². The van der Waals surface area contributed by atoms with Gasteiger partial charge in [-0.2, -0.15) is 4.31 Å². The first-order chi connectivity index (χ1) is 11.6. The molecule has 2 heterocycles. The maximum Gasteiger partial charge on any atom is 0.243 e. The zero-order valence-electron chi connectivity index (χ0n) is 14.6. The van der Waals surface area contributed by atoms with Crippen LogP contribution in [0.1, 0.15) is 31.2 Å². The smallest absolute Gasteiger partial charge is 0.243 e. The molecule has 0 spiro atoms. The van der Waals surface area contributed by atoms with Gasteiger partial charge in [0.15, 0.2) is 0 Å². The molecule has 0 radical (unpaired) electrons. The van der Waals surface area contributed by atoms with Gasteiger partial charge in [-0.15, -0.1) is 0 Å². The standard InChI is InChI=1S/C18H29N3O2S/c1-16-5-4-6-18(15-16)24(22,23)21(17-7-9-19-10-8-17)14-13-20-11-2-3-12-20/h4-6,15,17,19H,2-3,7-14H2,1H3. The number of rotatable bonds is 6. The molecule has 1 aromatic rings. The van der Waals surface area contributed by atoms with Gasteiger partial charge >= 0.3 is 0 Å². The minimum atomic E-state index is -3.44. The molecule has 3 rings (SSSR count). The Hall–Kier alpha value is -0.950. The van der Waals surface area contributed by atoms with E-state index < -0.39 is 10.0 Å². The highest BCUT2D eigenvalue weighted by Crippen LogP contribution is 2.23. The average Bonchev–Trinajstić information content (AvgIpc) is 3.09. The van der Waals surface area contributed by atoms with Gasteiger partial charge in [0.1, 0.15) is 0 Å². The molecule has 0 aromatic heterocycles. The van der Waals surface area contributed by atoms with E-state index in [-0.39, 0.29) is 6.04 Å². The normalized spacial score (nSPS) is 20.8. The highest BCUT2D eigenvalue weighted by atomic mass is 32.2. The van der Waals surface area contributed by atoms with Crippen LogP contribution in [0.15, 0.2) is 29.2 Å². The first kappa shape index (κ1) is 17.9. The van der Waals surface area contributed by atoms with Gasteiger partial charge in [-0.25, -0.2) is 8.42 Å². The van der Waals surface area contributed by atoms with Gasteiger partial charge in [-0.05, 0) is 76.5 Å². The van der Waals surface area contributed by atoms with E-state index in [1.165, 1.54) is 12.8 Å². The van der Waals surface area contributed by atoms with Crippen LogP contribution < -0.4 is 5.32 Å². The van der Waals surface area contributed by atoms with Gasteiger partial charge in [0, 0.05) is 19.1 Å². The fourth-order valence-corrected chi connectivity index (χ4v) is 5.53. The summed E-state index contributed by atoms with van der Waals surface area (Å²) < 4.78 is 28.3. The molecule has 0 aliphatic carbocycles. The van der Waals surface area contributed by atoms with Crippen LogP contribution in [0, 0.1) is 6.92 Å². The average molecular weight is 352 g/mol. The third-order valence-electron chi connectivity index (χ3n) is 5.15. The van der Waals surface area contributed by atoms with E-state index in [4.69, 9.17) is 0 Å². The molecule has 5 nitrogen and oxygen atoms in total. The summed E-state index contributed by atoms with van der Waals surface area (Å²) in [7, 11) is -3.44. The Kier molecular flexibility index (Phi) is 5.92. The van der Waals surface area contributed by atoms with E-state index >= 15 is 0 Å². The number of nitrogens with one attached hydrogen (secondary N) is 1. The first-order valence-corrected chi connectivity index (χ1v) is 10.5. The molecule has 2 aliphatic heterocycles. The lowest BCUT2D eigenvalue weighted by atomic mass is 10.1. The first-order valence-electron chi connectivity index (χ1n) is 9.09. The van der Waals surface area contributed by atoms with Crippen molar-refractivity contribution in [2.24, 2.45) is 0 Å². The highest BCUT2D eigenvalue weighted by Gasteiger charge is 2.32. The molecule has 1 aromatic carbocycles. The van der Waals surface area contributed by atoms with Crippen molar-refractivity contribution in [3.8, 4) is 0 Å². The number of aryl methyl sites for hydroxylation is 1. The van der Waals surface area contributed by atoms with Crippen molar-refractivity contribution in [3.63, 3.8) is 0 Å². The largest absolute Gasteiger partial charge is 0.317 e. The van der Waals surface area contributed by atoms with Crippen molar-refractivity contribution in [1.29, 1.82) is 0 Å². The Morgan fingerprint density at radius 3 is 2.58 bits per heavy atom. The number of likely N-dealkylation sites (tertiary alicyclic amines) is 1. The number of hydrogen-bond donors (Lipinski definition) is 1. The number of hydrogen-bond acceptors (Lipinski definition) is 4. The van der Waals surface area contributed by atoms with Crippen molar-refractivity contribution >= 4 is 10.0 Å². The monoisotopic (exact) mass is 351 g/mol. The van der Waals surface area contributed by atoms with Gasteiger partial charge in [0.2, 0.25) is 10.0 Å². The van der Waals surface area contributed by atoms with Crippen LogP contribution in [0.4, 0.5) is 0 Å². The SMILES string of the molecule is Cc1cccc(S(=O)(=O)N(CCN2CCCC2)C2CCNCC2)c1. The van der Waals surface area contributed by atoms with E-state index in [1.54, 1.807) is 16.4 Å². The van der Waals surface area contributed by atoms with Crippen LogP contribution in [-0.2, 0) is 10.0 Å². The maximum absolute atomic E-state index is 13.3. The van der Waals surface area contributed by atoms with Crippen molar-refractivity contribution in [1.82, 2.24) is 14.5 Å². The summed E-state index contributed by atoms with van der Waals surface area (Å²) in [5.74, 6) is 0. The molecule has 0 saturated carbocycles. The summed E-state index contributed by atoms with van der Waals surface area (Å²) in [4.78, 5) is 2.82. The molecular weight excluding hydrogens is 322 g/mol. The summed E-state index contributed by atoms with van der Waals surface area (Å²) in [5, 5.41) is 3.34. The molecule has 134 valence electrons. The second-order valence-corrected chi connectivity index (χ2v) is 8.85. The van der Waals surface area contributed by atoms with Crippen LogP contribution in [0.3, 0.4) is 0 Å².